The van der Waals surface area contributed by atoms with Crippen molar-refractivity contribution in [1.29, 1.82) is 0 Å². The van der Waals surface area contributed by atoms with Crippen LogP contribution in [0, 0.1) is 11.8 Å². The Kier molecular flexibility index (Phi) is 26.7. The van der Waals surface area contributed by atoms with E-state index in [1.165, 1.54) is 128 Å². The highest BCUT2D eigenvalue weighted by atomic mass is 35.5. The molecule has 0 unspecified atom stereocenters. The molecule has 0 spiro atoms. The summed E-state index contributed by atoms with van der Waals surface area (Å²) in [5.41, 5.74) is 6.43. The van der Waals surface area contributed by atoms with Gasteiger partial charge < -0.3 is 5.73 Å². The van der Waals surface area contributed by atoms with Crippen LogP contribution in [-0.4, -0.2) is 5.54 Å². The van der Waals surface area contributed by atoms with E-state index in [1.54, 1.807) is 0 Å². The summed E-state index contributed by atoms with van der Waals surface area (Å²) >= 11 is 0. The van der Waals surface area contributed by atoms with Crippen LogP contribution in [0.15, 0.2) is 0 Å². The summed E-state index contributed by atoms with van der Waals surface area (Å²) in [4.78, 5) is 0. The molecule has 0 aromatic heterocycles. The Morgan fingerprint density at radius 2 is 0.767 bits per heavy atom. The van der Waals surface area contributed by atoms with Gasteiger partial charge in [0.1, 0.15) is 0 Å². The van der Waals surface area contributed by atoms with E-state index in [0.717, 1.165) is 12.8 Å². The maximum atomic E-state index is 6.65. The lowest BCUT2D eigenvalue weighted by molar-refractivity contribution is 0.414. The lowest BCUT2D eigenvalue weighted by atomic mass is 9.87. The van der Waals surface area contributed by atoms with Gasteiger partial charge in [0.2, 0.25) is 0 Å². The molecule has 0 heterocycles. The first-order chi connectivity index (χ1) is 14.2. The summed E-state index contributed by atoms with van der Waals surface area (Å²) in [6, 6.07) is 0. The number of unbranched alkanes of at least 4 members (excludes halogenated alkanes) is 18. The predicted molar refractivity (Wildman–Crippen MR) is 141 cm³/mol. The second kappa shape index (κ2) is 25.1. The highest BCUT2D eigenvalue weighted by molar-refractivity contribution is 5.85. The van der Waals surface area contributed by atoms with E-state index in [9.17, 15) is 0 Å². The first-order valence-electron chi connectivity index (χ1n) is 13.4. The van der Waals surface area contributed by atoms with E-state index in [2.05, 4.69) is 25.7 Å². The van der Waals surface area contributed by atoms with Crippen molar-refractivity contribution in [3.63, 3.8) is 0 Å². The van der Waals surface area contributed by atoms with Gasteiger partial charge in [-0.3, -0.25) is 0 Å². The Morgan fingerprint density at radius 3 is 1.03 bits per heavy atom. The molecule has 180 valence electrons. The minimum Gasteiger partial charge on any atom is -0.315 e. The molecule has 0 radical (unpaired) electrons. The highest BCUT2D eigenvalue weighted by Gasteiger charge is 2.20. The zero-order valence-electron chi connectivity index (χ0n) is 21.0. The van der Waals surface area contributed by atoms with Gasteiger partial charge in [0, 0.05) is 0 Å². The molecule has 0 aromatic rings. The van der Waals surface area contributed by atoms with Crippen LogP contribution in [0.3, 0.4) is 0 Å². The van der Waals surface area contributed by atoms with Crippen LogP contribution in [0.5, 0.6) is 0 Å². The van der Waals surface area contributed by atoms with Crippen LogP contribution in [0.25, 0.3) is 0 Å². The molecule has 0 rings (SSSR count). The second-order valence-corrected chi connectivity index (χ2v) is 9.40. The first kappa shape index (κ1) is 32.0. The van der Waals surface area contributed by atoms with Crippen LogP contribution in [0.1, 0.15) is 162 Å². The average Bonchev–Trinajstić information content (AvgIpc) is 2.71. The summed E-state index contributed by atoms with van der Waals surface area (Å²) < 4.78 is 0. The van der Waals surface area contributed by atoms with Crippen LogP contribution in [0.4, 0.5) is 0 Å². The van der Waals surface area contributed by atoms with E-state index >= 15 is 0 Å². The molecule has 0 aliphatic rings. The van der Waals surface area contributed by atoms with Gasteiger partial charge in [-0.15, -0.1) is 18.3 Å². The molecule has 0 bridgehead atoms. The minimum absolute atomic E-state index is 0. The number of hydrogen-bond acceptors (Lipinski definition) is 1. The second-order valence-electron chi connectivity index (χ2n) is 9.40. The SMILES string of the molecule is CC#CC(N)(CCCCCCCCCCCC)CCCCCCCCCCCC.Cl. The fourth-order valence-electron chi connectivity index (χ4n) is 4.35. The Balaban J connectivity index is 0. The highest BCUT2D eigenvalue weighted by Crippen LogP contribution is 2.21. The molecule has 0 saturated carbocycles. The van der Waals surface area contributed by atoms with E-state index in [-0.39, 0.29) is 17.9 Å². The van der Waals surface area contributed by atoms with E-state index < -0.39 is 0 Å². The van der Waals surface area contributed by atoms with Crippen molar-refractivity contribution in [2.45, 2.75) is 168 Å². The summed E-state index contributed by atoms with van der Waals surface area (Å²) in [5, 5.41) is 0. The van der Waals surface area contributed by atoms with Crippen molar-refractivity contribution in [3.05, 3.63) is 0 Å². The van der Waals surface area contributed by atoms with Crippen molar-refractivity contribution in [2.75, 3.05) is 0 Å². The molecule has 2 N–H and O–H groups in total. The molecule has 30 heavy (non-hydrogen) atoms. The fourth-order valence-corrected chi connectivity index (χ4v) is 4.35. The van der Waals surface area contributed by atoms with Crippen molar-refractivity contribution < 1.29 is 0 Å². The topological polar surface area (TPSA) is 26.0 Å². The molecule has 0 fully saturated rings. The molecule has 0 amide bonds. The van der Waals surface area contributed by atoms with Gasteiger partial charge in [-0.05, 0) is 19.8 Å². The Hall–Kier alpha value is -0.190. The third-order valence-electron chi connectivity index (χ3n) is 6.33. The normalized spacial score (nSPS) is 11.1. The molecule has 0 atom stereocenters. The van der Waals surface area contributed by atoms with Crippen LogP contribution >= 0.6 is 12.4 Å². The quantitative estimate of drug-likeness (QED) is 0.131. The average molecular weight is 442 g/mol. The zero-order chi connectivity index (χ0) is 21.5. The molecular weight excluding hydrogens is 386 g/mol. The Bertz CT molecular complexity index is 358. The summed E-state index contributed by atoms with van der Waals surface area (Å²) in [5.74, 6) is 6.45. The number of halogens is 1. The van der Waals surface area contributed by atoms with E-state index in [1.807, 2.05) is 6.92 Å². The van der Waals surface area contributed by atoms with Gasteiger partial charge in [-0.1, -0.05) is 148 Å². The van der Waals surface area contributed by atoms with E-state index in [0.29, 0.717) is 0 Å². The third-order valence-corrected chi connectivity index (χ3v) is 6.33. The standard InChI is InChI=1S/C28H55N.ClH/c1-4-7-9-11-13-15-17-19-21-23-26-28(29,25-6-3)27-24-22-20-18-16-14-12-10-8-5-2;/h4-5,7-24,26-27,29H2,1-3H3;1H. The van der Waals surface area contributed by atoms with Crippen molar-refractivity contribution in [3.8, 4) is 11.8 Å². The van der Waals surface area contributed by atoms with Crippen LogP contribution in [0.2, 0.25) is 0 Å². The molecule has 0 aromatic carbocycles. The third kappa shape index (κ3) is 22.5. The maximum absolute atomic E-state index is 6.65. The lowest BCUT2D eigenvalue weighted by Gasteiger charge is -2.23. The summed E-state index contributed by atoms with van der Waals surface area (Å²) in [7, 11) is 0. The predicted octanol–water partition coefficient (Wildman–Crippen LogP) is 9.75. The molecule has 2 heteroatoms. The largest absolute Gasteiger partial charge is 0.315 e. The summed E-state index contributed by atoms with van der Waals surface area (Å²) in [6.45, 7) is 6.52. The van der Waals surface area contributed by atoms with Crippen LogP contribution in [-0.2, 0) is 0 Å². The van der Waals surface area contributed by atoms with Gasteiger partial charge in [-0.2, -0.15) is 0 Å². The van der Waals surface area contributed by atoms with Gasteiger partial charge in [-0.25, -0.2) is 0 Å². The zero-order valence-corrected chi connectivity index (χ0v) is 21.9. The Labute approximate surface area is 197 Å². The maximum Gasteiger partial charge on any atom is 0.0775 e. The molecule has 0 aliphatic heterocycles. The van der Waals surface area contributed by atoms with Gasteiger partial charge in [0.25, 0.3) is 0 Å². The fraction of sp³-hybridized carbons (Fsp3) is 0.929. The Morgan fingerprint density at radius 1 is 0.500 bits per heavy atom. The van der Waals surface area contributed by atoms with E-state index in [4.69, 9.17) is 5.73 Å². The number of hydrogen-bond donors (Lipinski definition) is 1. The molecule has 0 saturated heterocycles. The number of nitrogens with two attached hydrogens (primary N) is 1. The monoisotopic (exact) mass is 441 g/mol. The lowest BCUT2D eigenvalue weighted by Crippen LogP contribution is -2.38. The van der Waals surface area contributed by atoms with Gasteiger partial charge in [0.15, 0.2) is 0 Å². The summed E-state index contributed by atoms with van der Waals surface area (Å²) in [6.07, 6.45) is 29.9. The van der Waals surface area contributed by atoms with Crippen molar-refractivity contribution >= 4 is 12.4 Å². The van der Waals surface area contributed by atoms with Crippen molar-refractivity contribution in [2.24, 2.45) is 5.73 Å². The molecule has 0 aliphatic carbocycles. The minimum atomic E-state index is -0.227. The van der Waals surface area contributed by atoms with Gasteiger partial charge in [0.05, 0.1) is 5.54 Å². The molecular formula is C28H56ClN. The smallest absolute Gasteiger partial charge is 0.0775 e. The van der Waals surface area contributed by atoms with Gasteiger partial charge >= 0.3 is 0 Å². The first-order valence-corrected chi connectivity index (χ1v) is 13.4. The molecule has 1 nitrogen and oxygen atoms in total. The van der Waals surface area contributed by atoms with Crippen molar-refractivity contribution in [1.82, 2.24) is 0 Å². The van der Waals surface area contributed by atoms with Crippen LogP contribution < -0.4 is 5.73 Å². The number of rotatable bonds is 22.